The first kappa shape index (κ1) is 10.7. The number of H-pyrrole nitrogens is 1. The Labute approximate surface area is 96.4 Å². The van der Waals surface area contributed by atoms with Gasteiger partial charge in [-0.3, -0.25) is 4.79 Å². The number of rotatable bonds is 1. The molecule has 3 nitrogen and oxygen atoms in total. The van der Waals surface area contributed by atoms with E-state index in [0.29, 0.717) is 0 Å². The molecule has 2 rings (SSSR count). The molecule has 0 saturated carbocycles. The molecule has 0 fully saturated rings. The lowest BCUT2D eigenvalue weighted by Crippen LogP contribution is -1.92. The zero-order valence-corrected chi connectivity index (χ0v) is 9.17. The summed E-state index contributed by atoms with van der Waals surface area (Å²) in [4.78, 5) is 13.7. The van der Waals surface area contributed by atoms with Crippen LogP contribution in [0.2, 0.25) is 0 Å². The molecule has 0 spiro atoms. The topological polar surface area (TPSA) is 53.1 Å². The second-order valence-corrected chi connectivity index (χ2v) is 3.94. The minimum Gasteiger partial charge on any atom is -0.384 e. The van der Waals surface area contributed by atoms with Gasteiger partial charge in [0.05, 0.1) is 5.69 Å². The van der Waals surface area contributed by atoms with Gasteiger partial charge in [-0.05, 0) is 17.7 Å². The number of aliphatic hydroxyl groups excluding tert-OH is 1. The smallest absolute Gasteiger partial charge is 0.304 e. The summed E-state index contributed by atoms with van der Waals surface area (Å²) in [5, 5.41) is 10.3. The molecule has 1 aromatic heterocycles. The fourth-order valence-corrected chi connectivity index (χ4v) is 1.89. The molecule has 0 atom stereocenters. The maximum absolute atomic E-state index is 11.0. The van der Waals surface area contributed by atoms with Crippen molar-refractivity contribution in [3.63, 3.8) is 0 Å². The molecule has 0 radical (unpaired) electrons. The summed E-state index contributed by atoms with van der Waals surface area (Å²) in [6.07, 6.45) is 0. The number of thiazole rings is 1. The van der Waals surface area contributed by atoms with Crippen molar-refractivity contribution in [1.82, 2.24) is 4.98 Å². The third-order valence-electron chi connectivity index (χ3n) is 2.03. The van der Waals surface area contributed by atoms with Gasteiger partial charge >= 0.3 is 4.87 Å². The zero-order chi connectivity index (χ0) is 11.4. The van der Waals surface area contributed by atoms with Crippen LogP contribution in [0.25, 0.3) is 11.3 Å². The predicted molar refractivity (Wildman–Crippen MR) is 64.3 cm³/mol. The third-order valence-corrected chi connectivity index (χ3v) is 2.70. The molecule has 0 aliphatic rings. The molecule has 16 heavy (non-hydrogen) atoms. The second kappa shape index (κ2) is 4.79. The van der Waals surface area contributed by atoms with Crippen molar-refractivity contribution in [2.45, 2.75) is 0 Å². The molecule has 80 valence electrons. The van der Waals surface area contributed by atoms with Crippen LogP contribution in [0.1, 0.15) is 5.56 Å². The first-order valence-corrected chi connectivity index (χ1v) is 5.55. The molecule has 0 bridgehead atoms. The molecule has 1 heterocycles. The Morgan fingerprint density at radius 3 is 2.62 bits per heavy atom. The van der Waals surface area contributed by atoms with Crippen molar-refractivity contribution in [3.05, 3.63) is 44.9 Å². The average molecular weight is 231 g/mol. The maximum atomic E-state index is 11.0. The summed E-state index contributed by atoms with van der Waals surface area (Å²) < 4.78 is 0. The lowest BCUT2D eigenvalue weighted by atomic mass is 10.1. The normalized spacial score (nSPS) is 9.56. The van der Waals surface area contributed by atoms with E-state index >= 15 is 0 Å². The molecule has 0 amide bonds. The van der Waals surface area contributed by atoms with Crippen LogP contribution in [0.3, 0.4) is 0 Å². The number of hydrogen-bond acceptors (Lipinski definition) is 3. The van der Waals surface area contributed by atoms with Gasteiger partial charge in [0.1, 0.15) is 6.61 Å². The highest BCUT2D eigenvalue weighted by atomic mass is 32.1. The first-order valence-electron chi connectivity index (χ1n) is 4.67. The molecular formula is C12H9NO2S. The van der Waals surface area contributed by atoms with Crippen molar-refractivity contribution in [3.8, 4) is 23.1 Å². The highest BCUT2D eigenvalue weighted by Gasteiger charge is 1.99. The van der Waals surface area contributed by atoms with Crippen molar-refractivity contribution in [2.24, 2.45) is 0 Å². The van der Waals surface area contributed by atoms with E-state index in [0.717, 1.165) is 28.2 Å². The van der Waals surface area contributed by atoms with E-state index in [4.69, 9.17) is 5.11 Å². The summed E-state index contributed by atoms with van der Waals surface area (Å²) in [7, 11) is 0. The Hall–Kier alpha value is -1.83. The fourth-order valence-electron chi connectivity index (χ4n) is 1.30. The van der Waals surface area contributed by atoms with Gasteiger partial charge in [0, 0.05) is 10.9 Å². The van der Waals surface area contributed by atoms with E-state index in [-0.39, 0.29) is 11.5 Å². The van der Waals surface area contributed by atoms with Crippen LogP contribution in [-0.2, 0) is 0 Å². The molecule has 0 unspecified atom stereocenters. The van der Waals surface area contributed by atoms with Crippen LogP contribution in [0.15, 0.2) is 34.4 Å². The lowest BCUT2D eigenvalue weighted by Gasteiger charge is -1.96. The second-order valence-electron chi connectivity index (χ2n) is 3.10. The lowest BCUT2D eigenvalue weighted by molar-refractivity contribution is 0.350. The van der Waals surface area contributed by atoms with Crippen molar-refractivity contribution >= 4 is 11.3 Å². The SMILES string of the molecule is O=c1[nH]c(-c2ccc(C#CCO)cc2)cs1. The summed E-state index contributed by atoms with van der Waals surface area (Å²) in [5.74, 6) is 5.39. The molecule has 4 heteroatoms. The van der Waals surface area contributed by atoms with E-state index in [1.807, 2.05) is 24.3 Å². The largest absolute Gasteiger partial charge is 0.384 e. The highest BCUT2D eigenvalue weighted by Crippen LogP contribution is 2.17. The Morgan fingerprint density at radius 1 is 1.31 bits per heavy atom. The summed E-state index contributed by atoms with van der Waals surface area (Å²) in [5.41, 5.74) is 2.61. The van der Waals surface area contributed by atoms with Crippen molar-refractivity contribution in [1.29, 1.82) is 0 Å². The van der Waals surface area contributed by atoms with E-state index in [9.17, 15) is 4.79 Å². The van der Waals surface area contributed by atoms with Crippen LogP contribution in [-0.4, -0.2) is 16.7 Å². The fraction of sp³-hybridized carbons (Fsp3) is 0.0833. The minimum atomic E-state index is -0.139. The van der Waals surface area contributed by atoms with Crippen LogP contribution in [0.4, 0.5) is 0 Å². The summed E-state index contributed by atoms with van der Waals surface area (Å²) in [6.45, 7) is -0.139. The molecule has 0 saturated heterocycles. The maximum Gasteiger partial charge on any atom is 0.304 e. The van der Waals surface area contributed by atoms with Gasteiger partial charge in [-0.2, -0.15) is 0 Å². The number of hydrogen-bond donors (Lipinski definition) is 2. The van der Waals surface area contributed by atoms with Gasteiger partial charge < -0.3 is 10.1 Å². The Bertz CT molecular complexity index is 584. The van der Waals surface area contributed by atoms with Gasteiger partial charge in [-0.25, -0.2) is 0 Å². The minimum absolute atomic E-state index is 0.0563. The molecule has 2 N–H and O–H groups in total. The number of aromatic nitrogens is 1. The first-order chi connectivity index (χ1) is 7.79. The van der Waals surface area contributed by atoms with Crippen LogP contribution >= 0.6 is 11.3 Å². The predicted octanol–water partition coefficient (Wildman–Crippen LogP) is 1.45. The summed E-state index contributed by atoms with van der Waals surface area (Å²) >= 11 is 1.15. The van der Waals surface area contributed by atoms with Crippen LogP contribution < -0.4 is 4.87 Å². The van der Waals surface area contributed by atoms with Crippen molar-refractivity contribution in [2.75, 3.05) is 6.61 Å². The molecule has 1 aromatic carbocycles. The van der Waals surface area contributed by atoms with Crippen LogP contribution in [0, 0.1) is 11.8 Å². The van der Waals surface area contributed by atoms with Gasteiger partial charge in [0.2, 0.25) is 0 Å². The quantitative estimate of drug-likeness (QED) is 0.730. The molecule has 0 aliphatic heterocycles. The number of nitrogens with one attached hydrogen (secondary N) is 1. The van der Waals surface area contributed by atoms with E-state index in [1.165, 1.54) is 0 Å². The number of aliphatic hydroxyl groups is 1. The standard InChI is InChI=1S/C12H9NO2S/c14-7-1-2-9-3-5-10(6-4-9)11-8-16-12(15)13-11/h3-6,8,14H,7H2,(H,13,15). The molecule has 2 aromatic rings. The number of aromatic amines is 1. The number of benzene rings is 1. The highest BCUT2D eigenvalue weighted by molar-refractivity contribution is 7.07. The molecule has 0 aliphatic carbocycles. The third kappa shape index (κ3) is 2.40. The molecular weight excluding hydrogens is 222 g/mol. The van der Waals surface area contributed by atoms with Gasteiger partial charge in [0.15, 0.2) is 0 Å². The van der Waals surface area contributed by atoms with E-state index in [2.05, 4.69) is 16.8 Å². The Balaban J connectivity index is 2.29. The Morgan fingerprint density at radius 2 is 2.06 bits per heavy atom. The van der Waals surface area contributed by atoms with Crippen molar-refractivity contribution < 1.29 is 5.11 Å². The van der Waals surface area contributed by atoms with E-state index < -0.39 is 0 Å². The zero-order valence-electron chi connectivity index (χ0n) is 8.36. The van der Waals surface area contributed by atoms with E-state index in [1.54, 1.807) is 5.38 Å². The van der Waals surface area contributed by atoms with Crippen LogP contribution in [0.5, 0.6) is 0 Å². The van der Waals surface area contributed by atoms with Gasteiger partial charge in [-0.15, -0.1) is 0 Å². The Kier molecular flexibility index (Phi) is 3.20. The monoisotopic (exact) mass is 231 g/mol. The van der Waals surface area contributed by atoms with Gasteiger partial charge in [-0.1, -0.05) is 35.3 Å². The summed E-state index contributed by atoms with van der Waals surface area (Å²) in [6, 6.07) is 7.49. The average Bonchev–Trinajstić information content (AvgIpc) is 2.74. The van der Waals surface area contributed by atoms with Gasteiger partial charge in [0.25, 0.3) is 0 Å².